The van der Waals surface area contributed by atoms with Crippen molar-refractivity contribution in [3.63, 3.8) is 0 Å². The molecule has 0 aliphatic heterocycles. The van der Waals surface area contributed by atoms with Crippen molar-refractivity contribution in [1.29, 1.82) is 0 Å². The Morgan fingerprint density at radius 2 is 1.70 bits per heavy atom. The van der Waals surface area contributed by atoms with Crippen molar-refractivity contribution in [2.75, 3.05) is 0 Å². The van der Waals surface area contributed by atoms with Crippen molar-refractivity contribution in [3.05, 3.63) is 65.7 Å². The Kier molecular flexibility index (Phi) is 4.03. The highest BCUT2D eigenvalue weighted by Crippen LogP contribution is 2.34. The molecule has 20 heavy (non-hydrogen) atoms. The molecule has 104 valence electrons. The van der Waals surface area contributed by atoms with Crippen LogP contribution in [0.25, 0.3) is 0 Å². The summed E-state index contributed by atoms with van der Waals surface area (Å²) < 4.78 is 5.81. The monoisotopic (exact) mass is 267 g/mol. The summed E-state index contributed by atoms with van der Waals surface area (Å²) in [4.78, 5) is 0. The summed E-state index contributed by atoms with van der Waals surface area (Å²) >= 11 is 0. The third-order valence-corrected chi connectivity index (χ3v) is 4.07. The zero-order valence-electron chi connectivity index (χ0n) is 11.7. The van der Waals surface area contributed by atoms with Crippen molar-refractivity contribution < 1.29 is 4.74 Å². The lowest BCUT2D eigenvalue weighted by Gasteiger charge is -2.11. The summed E-state index contributed by atoms with van der Waals surface area (Å²) in [7, 11) is 0. The van der Waals surface area contributed by atoms with E-state index in [4.69, 9.17) is 10.5 Å². The zero-order valence-corrected chi connectivity index (χ0v) is 11.7. The van der Waals surface area contributed by atoms with E-state index in [0.717, 1.165) is 18.6 Å². The van der Waals surface area contributed by atoms with E-state index in [2.05, 4.69) is 36.4 Å². The predicted molar refractivity (Wildman–Crippen MR) is 81.8 cm³/mol. The van der Waals surface area contributed by atoms with Gasteiger partial charge in [-0.1, -0.05) is 42.5 Å². The molecule has 0 aromatic heterocycles. The van der Waals surface area contributed by atoms with E-state index in [1.165, 1.54) is 17.5 Å². The van der Waals surface area contributed by atoms with E-state index in [9.17, 15) is 0 Å². The molecule has 3 rings (SSSR count). The molecule has 2 unspecified atom stereocenters. The zero-order chi connectivity index (χ0) is 13.8. The highest BCUT2D eigenvalue weighted by Gasteiger charge is 2.22. The van der Waals surface area contributed by atoms with Crippen molar-refractivity contribution in [3.8, 4) is 5.75 Å². The van der Waals surface area contributed by atoms with Crippen LogP contribution in [0.15, 0.2) is 54.6 Å². The lowest BCUT2D eigenvalue weighted by atomic mass is 9.97. The van der Waals surface area contributed by atoms with Gasteiger partial charge in [0, 0.05) is 6.04 Å². The molecule has 0 spiro atoms. The smallest absolute Gasteiger partial charge is 0.119 e. The van der Waals surface area contributed by atoms with Crippen molar-refractivity contribution in [2.24, 2.45) is 5.73 Å². The molecule has 1 aliphatic rings. The van der Waals surface area contributed by atoms with Crippen LogP contribution in [0.2, 0.25) is 0 Å². The average Bonchev–Trinajstić information content (AvgIpc) is 2.93. The van der Waals surface area contributed by atoms with Crippen LogP contribution in [-0.2, 0) is 6.61 Å². The largest absolute Gasteiger partial charge is 0.489 e. The standard InChI is InChI=1S/C18H21NO/c19-17-9-6-16(12-17)15-7-10-18(11-8-15)20-13-14-4-2-1-3-5-14/h1-5,7-8,10-11,16-17H,6,9,12-13,19H2. The van der Waals surface area contributed by atoms with Gasteiger partial charge >= 0.3 is 0 Å². The van der Waals surface area contributed by atoms with Crippen molar-refractivity contribution in [1.82, 2.24) is 0 Å². The second-order valence-corrected chi connectivity index (χ2v) is 5.61. The van der Waals surface area contributed by atoms with Crippen molar-refractivity contribution >= 4 is 0 Å². The summed E-state index contributed by atoms with van der Waals surface area (Å²) in [5.74, 6) is 1.56. The van der Waals surface area contributed by atoms with E-state index in [0.29, 0.717) is 18.6 Å². The number of benzene rings is 2. The van der Waals surface area contributed by atoms with E-state index >= 15 is 0 Å². The van der Waals surface area contributed by atoms with Gasteiger partial charge in [-0.15, -0.1) is 0 Å². The van der Waals surface area contributed by atoms with Crippen LogP contribution >= 0.6 is 0 Å². The summed E-state index contributed by atoms with van der Waals surface area (Å²) in [6.45, 7) is 0.620. The maximum atomic E-state index is 5.98. The van der Waals surface area contributed by atoms with Gasteiger partial charge in [-0.05, 0) is 48.4 Å². The third kappa shape index (κ3) is 3.20. The Balaban J connectivity index is 1.59. The fourth-order valence-electron chi connectivity index (χ4n) is 2.90. The minimum absolute atomic E-state index is 0.383. The van der Waals surface area contributed by atoms with Crippen LogP contribution < -0.4 is 10.5 Å². The molecule has 0 amide bonds. The molecule has 2 aromatic carbocycles. The van der Waals surface area contributed by atoms with E-state index < -0.39 is 0 Å². The second-order valence-electron chi connectivity index (χ2n) is 5.61. The van der Waals surface area contributed by atoms with Gasteiger partial charge in [0.2, 0.25) is 0 Å². The highest BCUT2D eigenvalue weighted by atomic mass is 16.5. The Hall–Kier alpha value is -1.80. The lowest BCUT2D eigenvalue weighted by Crippen LogP contribution is -2.14. The topological polar surface area (TPSA) is 35.2 Å². The number of nitrogens with two attached hydrogens (primary N) is 1. The van der Waals surface area contributed by atoms with Crippen LogP contribution in [0.1, 0.15) is 36.3 Å². The van der Waals surface area contributed by atoms with Gasteiger partial charge in [0.25, 0.3) is 0 Å². The first kappa shape index (κ1) is 13.2. The van der Waals surface area contributed by atoms with Gasteiger partial charge in [0.05, 0.1) is 0 Å². The summed E-state index contributed by atoms with van der Waals surface area (Å²) in [5, 5.41) is 0. The van der Waals surface area contributed by atoms with Gasteiger partial charge in [-0.3, -0.25) is 0 Å². The molecule has 1 saturated carbocycles. The first-order valence-corrected chi connectivity index (χ1v) is 7.33. The maximum absolute atomic E-state index is 5.98. The van der Waals surface area contributed by atoms with Gasteiger partial charge < -0.3 is 10.5 Å². The first-order valence-electron chi connectivity index (χ1n) is 7.33. The summed E-state index contributed by atoms with van der Waals surface area (Å²) in [6, 6.07) is 19.1. The maximum Gasteiger partial charge on any atom is 0.119 e. The third-order valence-electron chi connectivity index (χ3n) is 4.07. The minimum atomic E-state index is 0.383. The molecule has 0 bridgehead atoms. The fraction of sp³-hybridized carbons (Fsp3) is 0.333. The van der Waals surface area contributed by atoms with Gasteiger partial charge in [-0.25, -0.2) is 0 Å². The molecule has 0 saturated heterocycles. The molecule has 2 N–H and O–H groups in total. The SMILES string of the molecule is NC1CCC(c2ccc(OCc3ccccc3)cc2)C1. The van der Waals surface area contributed by atoms with Crippen molar-refractivity contribution in [2.45, 2.75) is 37.8 Å². The van der Waals surface area contributed by atoms with Gasteiger partial charge in [-0.2, -0.15) is 0 Å². The van der Waals surface area contributed by atoms with Gasteiger partial charge in [0.15, 0.2) is 0 Å². The van der Waals surface area contributed by atoms with Crippen LogP contribution in [0.4, 0.5) is 0 Å². The molecular formula is C18H21NO. The fourth-order valence-corrected chi connectivity index (χ4v) is 2.90. The van der Waals surface area contributed by atoms with Crippen LogP contribution in [-0.4, -0.2) is 6.04 Å². The van der Waals surface area contributed by atoms with E-state index in [1.54, 1.807) is 0 Å². The molecule has 2 nitrogen and oxygen atoms in total. The van der Waals surface area contributed by atoms with Crippen LogP contribution in [0.5, 0.6) is 5.75 Å². The first-order chi connectivity index (χ1) is 9.81. The number of ether oxygens (including phenoxy) is 1. The van der Waals surface area contributed by atoms with Crippen LogP contribution in [0, 0.1) is 0 Å². The summed E-state index contributed by atoms with van der Waals surface area (Å²) in [6.07, 6.45) is 3.48. The molecule has 1 fully saturated rings. The molecule has 2 aromatic rings. The molecule has 0 radical (unpaired) electrons. The molecule has 0 heterocycles. The lowest BCUT2D eigenvalue weighted by molar-refractivity contribution is 0.306. The second kappa shape index (κ2) is 6.10. The van der Waals surface area contributed by atoms with E-state index in [1.807, 2.05) is 18.2 Å². The minimum Gasteiger partial charge on any atom is -0.489 e. The Morgan fingerprint density at radius 1 is 0.950 bits per heavy atom. The number of hydrogen-bond acceptors (Lipinski definition) is 2. The highest BCUT2D eigenvalue weighted by molar-refractivity contribution is 5.30. The Morgan fingerprint density at radius 3 is 2.35 bits per heavy atom. The predicted octanol–water partition coefficient (Wildman–Crippen LogP) is 3.86. The average molecular weight is 267 g/mol. The molecule has 2 atom stereocenters. The summed E-state index contributed by atoms with van der Waals surface area (Å²) in [5.41, 5.74) is 8.57. The number of rotatable bonds is 4. The molecule has 2 heteroatoms. The quantitative estimate of drug-likeness (QED) is 0.913. The number of hydrogen-bond donors (Lipinski definition) is 1. The van der Waals surface area contributed by atoms with Gasteiger partial charge in [0.1, 0.15) is 12.4 Å². The van der Waals surface area contributed by atoms with Crippen LogP contribution in [0.3, 0.4) is 0 Å². The molecule has 1 aliphatic carbocycles. The van der Waals surface area contributed by atoms with E-state index in [-0.39, 0.29) is 0 Å². The Bertz CT molecular complexity index is 535. The Labute approximate surface area is 120 Å². The molecular weight excluding hydrogens is 246 g/mol. The normalized spacial score (nSPS) is 21.9.